The molecule has 0 spiro atoms. The predicted octanol–water partition coefficient (Wildman–Crippen LogP) is 7.72. The molecule has 0 saturated carbocycles. The second-order valence-corrected chi connectivity index (χ2v) is 8.58. The van der Waals surface area contributed by atoms with E-state index in [-0.39, 0.29) is 11.8 Å². The third kappa shape index (κ3) is 14.9. The lowest BCUT2D eigenvalue weighted by Crippen LogP contribution is -2.31. The number of allylic oxidation sites excluding steroid dienone is 2. The smallest absolute Gasteiger partial charge is 0.223 e. The summed E-state index contributed by atoms with van der Waals surface area (Å²) < 4.78 is 0. The van der Waals surface area contributed by atoms with E-state index in [2.05, 4.69) is 24.4 Å². The monoisotopic (exact) mass is 377 g/mol. The van der Waals surface area contributed by atoms with Gasteiger partial charge in [0.15, 0.2) is 0 Å². The van der Waals surface area contributed by atoms with Crippen LogP contribution in [0.2, 0.25) is 0 Å². The van der Waals surface area contributed by atoms with Crippen molar-refractivity contribution >= 4 is 5.91 Å². The molecule has 1 N–H and O–H groups in total. The van der Waals surface area contributed by atoms with Gasteiger partial charge in [-0.2, -0.15) is 0 Å². The molecule has 1 amide bonds. The van der Waals surface area contributed by atoms with Crippen LogP contribution in [-0.4, -0.2) is 12.5 Å². The van der Waals surface area contributed by atoms with Crippen LogP contribution in [0.25, 0.3) is 0 Å². The molecule has 0 heterocycles. The molecule has 1 aliphatic carbocycles. The van der Waals surface area contributed by atoms with Gasteiger partial charge < -0.3 is 5.32 Å². The Hall–Kier alpha value is -0.790. The van der Waals surface area contributed by atoms with E-state index in [0.717, 1.165) is 32.2 Å². The molecule has 1 unspecified atom stereocenters. The fourth-order valence-corrected chi connectivity index (χ4v) is 4.06. The third-order valence-electron chi connectivity index (χ3n) is 5.97. The summed E-state index contributed by atoms with van der Waals surface area (Å²) >= 11 is 0. The topological polar surface area (TPSA) is 29.1 Å². The zero-order valence-electron chi connectivity index (χ0n) is 18.3. The number of carbonyl (C=O) groups is 1. The Labute approximate surface area is 170 Å². The third-order valence-corrected chi connectivity index (χ3v) is 5.97. The van der Waals surface area contributed by atoms with Crippen LogP contribution >= 0.6 is 0 Å². The Morgan fingerprint density at radius 1 is 0.741 bits per heavy atom. The van der Waals surface area contributed by atoms with E-state index in [4.69, 9.17) is 0 Å². The van der Waals surface area contributed by atoms with Crippen LogP contribution in [0, 0.1) is 5.92 Å². The van der Waals surface area contributed by atoms with Crippen LogP contribution in [0.4, 0.5) is 0 Å². The van der Waals surface area contributed by atoms with Crippen LogP contribution in [0.15, 0.2) is 12.2 Å². The van der Waals surface area contributed by atoms with Crippen molar-refractivity contribution in [3.63, 3.8) is 0 Å². The summed E-state index contributed by atoms with van der Waals surface area (Å²) in [5.41, 5.74) is 0. The molecule has 1 aliphatic rings. The summed E-state index contributed by atoms with van der Waals surface area (Å²) in [6.45, 7) is 3.16. The molecule has 27 heavy (non-hydrogen) atoms. The molecular formula is C25H47NO. The first-order chi connectivity index (χ1) is 13.3. The van der Waals surface area contributed by atoms with Gasteiger partial charge in [0.25, 0.3) is 0 Å². The van der Waals surface area contributed by atoms with Crippen LogP contribution in [0.5, 0.6) is 0 Å². The lowest BCUT2D eigenvalue weighted by atomic mass is 9.93. The van der Waals surface area contributed by atoms with Crippen molar-refractivity contribution in [3.05, 3.63) is 12.2 Å². The maximum Gasteiger partial charge on any atom is 0.223 e. The van der Waals surface area contributed by atoms with Gasteiger partial charge in [0.1, 0.15) is 0 Å². The van der Waals surface area contributed by atoms with E-state index in [0.29, 0.717) is 0 Å². The zero-order valence-corrected chi connectivity index (χ0v) is 18.3. The first-order valence-electron chi connectivity index (χ1n) is 12.3. The van der Waals surface area contributed by atoms with Crippen molar-refractivity contribution in [3.8, 4) is 0 Å². The minimum absolute atomic E-state index is 0.232. The summed E-state index contributed by atoms with van der Waals surface area (Å²) in [6, 6.07) is 0. The van der Waals surface area contributed by atoms with E-state index < -0.39 is 0 Å². The van der Waals surface area contributed by atoms with Crippen molar-refractivity contribution in [1.29, 1.82) is 0 Å². The molecule has 2 heteroatoms. The summed E-state index contributed by atoms with van der Waals surface area (Å²) in [6.07, 6.45) is 29.7. The highest BCUT2D eigenvalue weighted by molar-refractivity contribution is 5.78. The van der Waals surface area contributed by atoms with Crippen molar-refractivity contribution < 1.29 is 4.79 Å². The average Bonchev–Trinajstić information content (AvgIpc) is 2.70. The molecule has 0 radical (unpaired) electrons. The minimum Gasteiger partial charge on any atom is -0.356 e. The Balaban J connectivity index is 1.72. The molecule has 1 atom stereocenters. The van der Waals surface area contributed by atoms with Gasteiger partial charge in [-0.3, -0.25) is 4.79 Å². The highest BCUT2D eigenvalue weighted by atomic mass is 16.1. The number of unbranched alkanes of at least 4 members (excludes halogenated alkanes) is 15. The maximum atomic E-state index is 12.0. The lowest BCUT2D eigenvalue weighted by Gasteiger charge is -2.17. The average molecular weight is 378 g/mol. The highest BCUT2D eigenvalue weighted by Gasteiger charge is 2.17. The van der Waals surface area contributed by atoms with E-state index in [1.807, 2.05) is 0 Å². The Kier molecular flexibility index (Phi) is 16.7. The van der Waals surface area contributed by atoms with Crippen molar-refractivity contribution in [2.75, 3.05) is 6.54 Å². The van der Waals surface area contributed by atoms with Crippen LogP contribution in [0.3, 0.4) is 0 Å². The molecular weight excluding hydrogens is 330 g/mol. The molecule has 0 aromatic heterocycles. The fraction of sp³-hybridized carbons (Fsp3) is 0.880. The summed E-state index contributed by atoms with van der Waals surface area (Å²) in [5, 5.41) is 3.13. The van der Waals surface area contributed by atoms with Gasteiger partial charge in [0.05, 0.1) is 0 Å². The van der Waals surface area contributed by atoms with Gasteiger partial charge in [-0.1, -0.05) is 115 Å². The number of nitrogens with one attached hydrogen (secondary N) is 1. The fourth-order valence-electron chi connectivity index (χ4n) is 4.06. The number of rotatable bonds is 18. The second-order valence-electron chi connectivity index (χ2n) is 8.58. The number of carbonyl (C=O) groups excluding carboxylic acids is 1. The SMILES string of the molecule is CCCCCCCCCCCCCCCCCCNC(=O)C1CC=CCC1. The van der Waals surface area contributed by atoms with Gasteiger partial charge in [-0.25, -0.2) is 0 Å². The normalized spacial score (nSPS) is 16.6. The first-order valence-corrected chi connectivity index (χ1v) is 12.3. The molecule has 0 saturated heterocycles. The van der Waals surface area contributed by atoms with Gasteiger partial charge >= 0.3 is 0 Å². The molecule has 2 nitrogen and oxygen atoms in total. The molecule has 0 aromatic rings. The first kappa shape index (κ1) is 24.2. The van der Waals surface area contributed by atoms with Gasteiger partial charge in [-0.05, 0) is 25.7 Å². The van der Waals surface area contributed by atoms with Gasteiger partial charge in [0, 0.05) is 12.5 Å². The Bertz CT molecular complexity index is 363. The largest absolute Gasteiger partial charge is 0.356 e. The minimum atomic E-state index is 0.232. The summed E-state index contributed by atoms with van der Waals surface area (Å²) in [7, 11) is 0. The van der Waals surface area contributed by atoms with E-state index in [1.54, 1.807) is 0 Å². The Morgan fingerprint density at radius 2 is 1.22 bits per heavy atom. The molecule has 0 aliphatic heterocycles. The van der Waals surface area contributed by atoms with E-state index >= 15 is 0 Å². The quantitative estimate of drug-likeness (QED) is 0.192. The molecule has 0 fully saturated rings. The highest BCUT2D eigenvalue weighted by Crippen LogP contribution is 2.18. The summed E-state index contributed by atoms with van der Waals surface area (Å²) in [4.78, 5) is 12.0. The molecule has 1 rings (SSSR count). The van der Waals surface area contributed by atoms with Crippen LogP contribution < -0.4 is 5.32 Å². The standard InChI is InChI=1S/C25H47NO/c1-2-3-4-5-6-7-8-9-10-11-12-13-14-15-16-20-23-26-25(27)24-21-18-17-19-22-24/h17-18,24H,2-16,19-23H2,1H3,(H,26,27). The second kappa shape index (κ2) is 18.6. The lowest BCUT2D eigenvalue weighted by molar-refractivity contribution is -0.125. The number of hydrogen-bond donors (Lipinski definition) is 1. The summed E-state index contributed by atoms with van der Waals surface area (Å²) in [5.74, 6) is 0.511. The van der Waals surface area contributed by atoms with Gasteiger partial charge in [0.2, 0.25) is 5.91 Å². The molecule has 0 aromatic carbocycles. The maximum absolute atomic E-state index is 12.0. The van der Waals surface area contributed by atoms with E-state index in [1.165, 1.54) is 96.3 Å². The Morgan fingerprint density at radius 3 is 1.67 bits per heavy atom. The van der Waals surface area contributed by atoms with Crippen LogP contribution in [0.1, 0.15) is 129 Å². The van der Waals surface area contributed by atoms with Crippen molar-refractivity contribution in [2.24, 2.45) is 5.92 Å². The number of hydrogen-bond acceptors (Lipinski definition) is 1. The van der Waals surface area contributed by atoms with Crippen molar-refractivity contribution in [2.45, 2.75) is 129 Å². The van der Waals surface area contributed by atoms with Crippen LogP contribution in [-0.2, 0) is 4.79 Å². The van der Waals surface area contributed by atoms with Gasteiger partial charge in [-0.15, -0.1) is 0 Å². The van der Waals surface area contributed by atoms with Crippen molar-refractivity contribution in [1.82, 2.24) is 5.32 Å². The molecule has 0 bridgehead atoms. The number of amides is 1. The molecule has 158 valence electrons. The van der Waals surface area contributed by atoms with E-state index in [9.17, 15) is 4.79 Å². The zero-order chi connectivity index (χ0) is 19.4. The predicted molar refractivity (Wildman–Crippen MR) is 119 cm³/mol.